The zero-order chi connectivity index (χ0) is 27.0. The van der Waals surface area contributed by atoms with Gasteiger partial charge in [-0.25, -0.2) is 4.79 Å². The van der Waals surface area contributed by atoms with E-state index in [0.717, 1.165) is 0 Å². The Morgan fingerprint density at radius 2 is 1.34 bits per heavy atom. The maximum atomic E-state index is 12.8. The standard InChI is InChI=1S/C19H36N8O8/c20-6-2-1-4-11(16(32)26-12(18(34)35)5-3-7-24-19(22)23)25-17(33)13(9-28)27-15(31)10(21)8-14(29)30/h10-13,28H,1-9,20-21H2,(H,25,33)(H,26,32)(H,27,31)(H,29,30)(H,34,35)(H4,22,23,24). The van der Waals surface area contributed by atoms with Crippen molar-refractivity contribution in [3.8, 4) is 0 Å². The first-order chi connectivity index (χ1) is 16.4. The minimum absolute atomic E-state index is 0.0120. The SMILES string of the molecule is NCCCCC(NC(=O)C(CO)NC(=O)C(N)CC(=O)O)C(=O)NC(CCCN=C(N)N)C(=O)O. The lowest BCUT2D eigenvalue weighted by molar-refractivity contribution is -0.142. The molecule has 35 heavy (non-hydrogen) atoms. The third kappa shape index (κ3) is 13.7. The van der Waals surface area contributed by atoms with Crippen molar-refractivity contribution in [2.45, 2.75) is 62.7 Å². The van der Waals surface area contributed by atoms with Gasteiger partial charge >= 0.3 is 11.9 Å². The first-order valence-electron chi connectivity index (χ1n) is 10.9. The van der Waals surface area contributed by atoms with Crippen molar-refractivity contribution in [3.05, 3.63) is 0 Å². The molecule has 0 aliphatic heterocycles. The molecule has 0 heterocycles. The summed E-state index contributed by atoms with van der Waals surface area (Å²) >= 11 is 0. The van der Waals surface area contributed by atoms with Crippen LogP contribution < -0.4 is 38.9 Å². The van der Waals surface area contributed by atoms with Gasteiger partial charge in [-0.05, 0) is 38.6 Å². The molecule has 16 nitrogen and oxygen atoms in total. The molecule has 0 aliphatic rings. The zero-order valence-corrected chi connectivity index (χ0v) is 19.3. The molecule has 0 saturated carbocycles. The minimum atomic E-state index is -1.53. The number of aliphatic hydroxyl groups excluding tert-OH is 1. The van der Waals surface area contributed by atoms with Crippen molar-refractivity contribution < 1.29 is 39.3 Å². The number of aliphatic carboxylic acids is 2. The van der Waals surface area contributed by atoms with E-state index in [1.807, 2.05) is 0 Å². The van der Waals surface area contributed by atoms with E-state index in [9.17, 15) is 34.2 Å². The topological polar surface area (TPSA) is 299 Å². The molecule has 0 spiro atoms. The van der Waals surface area contributed by atoms with Crippen molar-refractivity contribution in [2.75, 3.05) is 19.7 Å². The zero-order valence-electron chi connectivity index (χ0n) is 19.3. The number of amides is 3. The van der Waals surface area contributed by atoms with E-state index in [2.05, 4.69) is 20.9 Å². The highest BCUT2D eigenvalue weighted by atomic mass is 16.4. The molecule has 14 N–H and O–H groups in total. The first kappa shape index (κ1) is 31.5. The maximum Gasteiger partial charge on any atom is 0.326 e. The number of aliphatic imine (C=N–C) groups is 1. The molecule has 0 aromatic heterocycles. The van der Waals surface area contributed by atoms with Gasteiger partial charge in [-0.15, -0.1) is 0 Å². The summed E-state index contributed by atoms with van der Waals surface area (Å²) < 4.78 is 0. The number of nitrogens with one attached hydrogen (secondary N) is 3. The highest BCUT2D eigenvalue weighted by molar-refractivity contribution is 5.94. The Kier molecular flexibility index (Phi) is 15.3. The van der Waals surface area contributed by atoms with Crippen LogP contribution in [0.2, 0.25) is 0 Å². The lowest BCUT2D eigenvalue weighted by Crippen LogP contribution is -2.58. The van der Waals surface area contributed by atoms with Crippen molar-refractivity contribution in [1.29, 1.82) is 0 Å². The van der Waals surface area contributed by atoms with Crippen LogP contribution in [0, 0.1) is 0 Å². The fraction of sp³-hybridized carbons (Fsp3) is 0.684. The van der Waals surface area contributed by atoms with Crippen LogP contribution in [0.4, 0.5) is 0 Å². The van der Waals surface area contributed by atoms with E-state index in [-0.39, 0.29) is 31.8 Å². The number of carboxylic acids is 2. The first-order valence-corrected chi connectivity index (χ1v) is 10.9. The molecule has 0 fully saturated rings. The average Bonchev–Trinajstić information content (AvgIpc) is 2.77. The molecule has 3 amide bonds. The Bertz CT molecular complexity index is 759. The second kappa shape index (κ2) is 17.0. The average molecular weight is 505 g/mol. The number of rotatable bonds is 18. The van der Waals surface area contributed by atoms with Crippen molar-refractivity contribution in [3.63, 3.8) is 0 Å². The quantitative estimate of drug-likeness (QED) is 0.0480. The van der Waals surface area contributed by atoms with Crippen LogP contribution in [0.5, 0.6) is 0 Å². The smallest absolute Gasteiger partial charge is 0.326 e. The number of hydrogen-bond acceptors (Lipinski definition) is 9. The number of hydrogen-bond donors (Lipinski definition) is 10. The van der Waals surface area contributed by atoms with Gasteiger partial charge in [0.05, 0.1) is 19.1 Å². The van der Waals surface area contributed by atoms with Crippen LogP contribution >= 0.6 is 0 Å². The maximum absolute atomic E-state index is 12.8. The lowest BCUT2D eigenvalue weighted by Gasteiger charge is -2.24. The molecule has 0 bridgehead atoms. The van der Waals surface area contributed by atoms with Crippen molar-refractivity contribution in [2.24, 2.45) is 27.9 Å². The number of nitrogens with zero attached hydrogens (tertiary/aromatic N) is 1. The molecule has 0 aromatic rings. The molecular weight excluding hydrogens is 468 g/mol. The Hall–Kier alpha value is -3.50. The van der Waals surface area contributed by atoms with Gasteiger partial charge in [0, 0.05) is 6.54 Å². The molecule has 4 atom stereocenters. The Morgan fingerprint density at radius 1 is 0.800 bits per heavy atom. The predicted octanol–water partition coefficient (Wildman–Crippen LogP) is -4.50. The molecule has 0 saturated heterocycles. The van der Waals surface area contributed by atoms with E-state index in [0.29, 0.717) is 19.4 Å². The highest BCUT2D eigenvalue weighted by Crippen LogP contribution is 2.05. The van der Waals surface area contributed by atoms with Gasteiger partial charge in [0.1, 0.15) is 18.1 Å². The molecule has 0 rings (SSSR count). The predicted molar refractivity (Wildman–Crippen MR) is 124 cm³/mol. The van der Waals surface area contributed by atoms with Gasteiger partial charge in [0.2, 0.25) is 17.7 Å². The minimum Gasteiger partial charge on any atom is -0.481 e. The fourth-order valence-electron chi connectivity index (χ4n) is 2.82. The third-order valence-electron chi connectivity index (χ3n) is 4.69. The number of unbranched alkanes of at least 4 members (excludes halogenated alkanes) is 1. The van der Waals surface area contributed by atoms with Crippen LogP contribution in [-0.2, 0) is 24.0 Å². The number of nitrogens with two attached hydrogens (primary N) is 4. The summed E-state index contributed by atoms with van der Waals surface area (Å²) in [4.78, 5) is 63.3. The van der Waals surface area contributed by atoms with E-state index < -0.39 is 66.9 Å². The van der Waals surface area contributed by atoms with E-state index >= 15 is 0 Å². The van der Waals surface area contributed by atoms with Crippen molar-refractivity contribution >= 4 is 35.6 Å². The largest absolute Gasteiger partial charge is 0.481 e. The molecule has 4 unspecified atom stereocenters. The van der Waals surface area contributed by atoms with Gasteiger partial charge in [-0.2, -0.15) is 0 Å². The van der Waals surface area contributed by atoms with Crippen LogP contribution in [0.3, 0.4) is 0 Å². The van der Waals surface area contributed by atoms with Crippen LogP contribution in [0.15, 0.2) is 4.99 Å². The van der Waals surface area contributed by atoms with Gasteiger partial charge in [-0.3, -0.25) is 24.2 Å². The molecule has 200 valence electrons. The number of carboxylic acid groups (broad SMARTS) is 2. The van der Waals surface area contributed by atoms with Gasteiger partial charge in [0.25, 0.3) is 0 Å². The van der Waals surface area contributed by atoms with Crippen LogP contribution in [0.1, 0.15) is 38.5 Å². The van der Waals surface area contributed by atoms with E-state index in [4.69, 9.17) is 28.0 Å². The third-order valence-corrected chi connectivity index (χ3v) is 4.69. The number of carbonyl (C=O) groups excluding carboxylic acids is 3. The second-order valence-corrected chi connectivity index (χ2v) is 7.64. The Balaban J connectivity index is 5.28. The normalized spacial score (nSPS) is 14.0. The molecule has 0 aliphatic carbocycles. The molecular formula is C19H36N8O8. The summed E-state index contributed by atoms with van der Waals surface area (Å²) in [7, 11) is 0. The van der Waals surface area contributed by atoms with Gasteiger partial charge < -0.3 is 54.2 Å². The van der Waals surface area contributed by atoms with E-state index in [1.54, 1.807) is 0 Å². The summed E-state index contributed by atoms with van der Waals surface area (Å²) in [5.41, 5.74) is 21.3. The number of carbonyl (C=O) groups is 5. The molecule has 16 heteroatoms. The summed E-state index contributed by atoms with van der Waals surface area (Å²) in [5, 5.41) is 34.5. The van der Waals surface area contributed by atoms with Gasteiger partial charge in [-0.1, -0.05) is 0 Å². The Labute approximate surface area is 201 Å². The monoisotopic (exact) mass is 504 g/mol. The highest BCUT2D eigenvalue weighted by Gasteiger charge is 2.30. The Morgan fingerprint density at radius 3 is 1.86 bits per heavy atom. The summed E-state index contributed by atoms with van der Waals surface area (Å²) in [6.07, 6.45) is 0.601. The van der Waals surface area contributed by atoms with Crippen LogP contribution in [-0.4, -0.2) is 94.8 Å². The summed E-state index contributed by atoms with van der Waals surface area (Å²) in [5.74, 6) is -5.52. The number of aliphatic hydroxyl groups is 1. The summed E-state index contributed by atoms with van der Waals surface area (Å²) in [6.45, 7) is -0.390. The van der Waals surface area contributed by atoms with Crippen molar-refractivity contribution in [1.82, 2.24) is 16.0 Å². The second-order valence-electron chi connectivity index (χ2n) is 7.64. The van der Waals surface area contributed by atoms with E-state index in [1.165, 1.54) is 0 Å². The molecule has 0 aromatic carbocycles. The molecule has 0 radical (unpaired) electrons. The van der Waals surface area contributed by atoms with Crippen LogP contribution in [0.25, 0.3) is 0 Å². The lowest BCUT2D eigenvalue weighted by atomic mass is 10.1. The summed E-state index contributed by atoms with van der Waals surface area (Å²) in [6, 6.07) is -5.48. The fourth-order valence-corrected chi connectivity index (χ4v) is 2.82. The number of guanidine groups is 1. The van der Waals surface area contributed by atoms with Gasteiger partial charge in [0.15, 0.2) is 5.96 Å².